The maximum Gasteiger partial charge on any atom is 0.259 e. The van der Waals surface area contributed by atoms with Gasteiger partial charge in [-0.25, -0.2) is 0 Å². The second kappa shape index (κ2) is 6.48. The number of methoxy groups -OCH3 is 1. The van der Waals surface area contributed by atoms with Crippen molar-refractivity contribution < 1.29 is 9.53 Å². The number of hydrogen-bond acceptors (Lipinski definition) is 2. The van der Waals surface area contributed by atoms with E-state index in [0.29, 0.717) is 31.5 Å². The standard InChI is InChI=1S/C14H10BrCl2NO2/c1-20-12-7-8(16)5-6-9(12)14(19)18-11-4-2-3-10(17)13(11)15/h2-7H,1H3,(H,18,19). The maximum atomic E-state index is 12.3. The van der Waals surface area contributed by atoms with Gasteiger partial charge in [0.15, 0.2) is 0 Å². The van der Waals surface area contributed by atoms with Gasteiger partial charge in [0.2, 0.25) is 0 Å². The average molecular weight is 375 g/mol. The summed E-state index contributed by atoms with van der Waals surface area (Å²) in [6, 6.07) is 10.0. The summed E-state index contributed by atoms with van der Waals surface area (Å²) in [6.07, 6.45) is 0. The summed E-state index contributed by atoms with van der Waals surface area (Å²) in [5.41, 5.74) is 0.975. The van der Waals surface area contributed by atoms with Gasteiger partial charge in [-0.05, 0) is 46.3 Å². The minimum Gasteiger partial charge on any atom is -0.496 e. The summed E-state index contributed by atoms with van der Waals surface area (Å²) in [5, 5.41) is 3.79. The van der Waals surface area contributed by atoms with E-state index in [2.05, 4.69) is 21.2 Å². The maximum absolute atomic E-state index is 12.3. The zero-order valence-corrected chi connectivity index (χ0v) is 13.5. The molecule has 1 N–H and O–H groups in total. The highest BCUT2D eigenvalue weighted by Crippen LogP contribution is 2.31. The summed E-state index contributed by atoms with van der Waals surface area (Å²) in [5.74, 6) is 0.106. The van der Waals surface area contributed by atoms with Crippen LogP contribution in [0, 0.1) is 0 Å². The number of hydrogen-bond donors (Lipinski definition) is 1. The summed E-state index contributed by atoms with van der Waals surface area (Å²) >= 11 is 15.2. The number of carbonyl (C=O) groups is 1. The molecule has 1 amide bonds. The second-order valence-corrected chi connectivity index (χ2v) is 5.54. The van der Waals surface area contributed by atoms with Crippen molar-refractivity contribution in [1.29, 1.82) is 0 Å². The molecule has 104 valence electrons. The number of carbonyl (C=O) groups excluding carboxylic acids is 1. The first kappa shape index (κ1) is 15.2. The molecule has 2 rings (SSSR count). The molecule has 0 saturated carbocycles. The van der Waals surface area contributed by atoms with E-state index in [4.69, 9.17) is 27.9 Å². The van der Waals surface area contributed by atoms with Crippen molar-refractivity contribution >= 4 is 50.7 Å². The molecule has 0 aliphatic heterocycles. The molecule has 20 heavy (non-hydrogen) atoms. The Morgan fingerprint density at radius 3 is 2.70 bits per heavy atom. The lowest BCUT2D eigenvalue weighted by molar-refractivity contribution is 0.102. The van der Waals surface area contributed by atoms with Gasteiger partial charge < -0.3 is 10.1 Å². The zero-order valence-electron chi connectivity index (χ0n) is 10.4. The van der Waals surface area contributed by atoms with Crippen LogP contribution >= 0.6 is 39.1 Å². The molecule has 0 atom stereocenters. The van der Waals surface area contributed by atoms with Crippen LogP contribution in [0.4, 0.5) is 5.69 Å². The fourth-order valence-electron chi connectivity index (χ4n) is 1.64. The van der Waals surface area contributed by atoms with Crippen molar-refractivity contribution in [3.63, 3.8) is 0 Å². The second-order valence-electron chi connectivity index (χ2n) is 3.90. The van der Waals surface area contributed by atoms with Gasteiger partial charge in [0.25, 0.3) is 5.91 Å². The first-order chi connectivity index (χ1) is 9.52. The molecule has 2 aromatic rings. The number of amides is 1. The van der Waals surface area contributed by atoms with E-state index in [-0.39, 0.29) is 5.91 Å². The summed E-state index contributed by atoms with van der Waals surface area (Å²) in [4.78, 5) is 12.3. The van der Waals surface area contributed by atoms with E-state index in [1.807, 2.05) is 0 Å². The first-order valence-corrected chi connectivity index (χ1v) is 7.16. The molecule has 0 bridgehead atoms. The van der Waals surface area contributed by atoms with Crippen LogP contribution in [0.2, 0.25) is 10.0 Å². The van der Waals surface area contributed by atoms with Crippen LogP contribution in [-0.4, -0.2) is 13.0 Å². The van der Waals surface area contributed by atoms with Crippen LogP contribution < -0.4 is 10.1 Å². The largest absolute Gasteiger partial charge is 0.496 e. The van der Waals surface area contributed by atoms with Crippen LogP contribution in [0.1, 0.15) is 10.4 Å². The normalized spacial score (nSPS) is 10.2. The monoisotopic (exact) mass is 373 g/mol. The van der Waals surface area contributed by atoms with E-state index in [1.165, 1.54) is 7.11 Å². The molecule has 0 radical (unpaired) electrons. The molecule has 0 saturated heterocycles. The number of rotatable bonds is 3. The molecule has 0 unspecified atom stereocenters. The van der Waals surface area contributed by atoms with E-state index in [9.17, 15) is 4.79 Å². The van der Waals surface area contributed by atoms with Crippen molar-refractivity contribution in [3.8, 4) is 5.75 Å². The van der Waals surface area contributed by atoms with Gasteiger partial charge in [0.05, 0.1) is 27.9 Å². The van der Waals surface area contributed by atoms with E-state index >= 15 is 0 Å². The third-order valence-electron chi connectivity index (χ3n) is 2.61. The van der Waals surface area contributed by atoms with Crippen molar-refractivity contribution in [2.24, 2.45) is 0 Å². The fraction of sp³-hybridized carbons (Fsp3) is 0.0714. The van der Waals surface area contributed by atoms with Crippen molar-refractivity contribution in [2.75, 3.05) is 12.4 Å². The summed E-state index contributed by atoms with van der Waals surface area (Å²) in [7, 11) is 1.48. The molecule has 0 aliphatic rings. The Hall–Kier alpha value is -1.23. The molecular formula is C14H10BrCl2NO2. The highest BCUT2D eigenvalue weighted by molar-refractivity contribution is 9.10. The highest BCUT2D eigenvalue weighted by Gasteiger charge is 2.14. The molecule has 0 aliphatic carbocycles. The van der Waals surface area contributed by atoms with Gasteiger partial charge in [0, 0.05) is 5.02 Å². The minimum absolute atomic E-state index is 0.304. The Kier molecular flexibility index (Phi) is 4.91. The molecule has 0 spiro atoms. The Morgan fingerprint density at radius 2 is 2.00 bits per heavy atom. The quantitative estimate of drug-likeness (QED) is 0.819. The number of anilines is 1. The van der Waals surface area contributed by atoms with E-state index in [0.717, 1.165) is 0 Å². The topological polar surface area (TPSA) is 38.3 Å². The summed E-state index contributed by atoms with van der Waals surface area (Å²) < 4.78 is 5.78. The number of benzene rings is 2. The van der Waals surface area contributed by atoms with Crippen LogP contribution in [0.5, 0.6) is 5.75 Å². The fourth-order valence-corrected chi connectivity index (χ4v) is 2.34. The molecular weight excluding hydrogens is 365 g/mol. The van der Waals surface area contributed by atoms with Gasteiger partial charge >= 0.3 is 0 Å². The van der Waals surface area contributed by atoms with E-state index in [1.54, 1.807) is 36.4 Å². The summed E-state index contributed by atoms with van der Waals surface area (Å²) in [6.45, 7) is 0. The molecule has 3 nitrogen and oxygen atoms in total. The van der Waals surface area contributed by atoms with Crippen molar-refractivity contribution in [2.45, 2.75) is 0 Å². The molecule has 6 heteroatoms. The molecule has 2 aromatic carbocycles. The van der Waals surface area contributed by atoms with Gasteiger partial charge in [-0.15, -0.1) is 0 Å². The van der Waals surface area contributed by atoms with Crippen LogP contribution in [0.15, 0.2) is 40.9 Å². The van der Waals surface area contributed by atoms with Gasteiger partial charge in [-0.3, -0.25) is 4.79 Å². The van der Waals surface area contributed by atoms with E-state index < -0.39 is 0 Å². The predicted molar refractivity (Wildman–Crippen MR) is 85.1 cm³/mol. The van der Waals surface area contributed by atoms with Gasteiger partial charge in [-0.2, -0.15) is 0 Å². The third-order valence-corrected chi connectivity index (χ3v) is 4.24. The first-order valence-electron chi connectivity index (χ1n) is 5.62. The lowest BCUT2D eigenvalue weighted by Crippen LogP contribution is -2.13. The number of halogens is 3. The Balaban J connectivity index is 2.31. The number of ether oxygens (including phenoxy) is 1. The molecule has 0 aromatic heterocycles. The SMILES string of the molecule is COc1cc(Cl)ccc1C(=O)Nc1cccc(Cl)c1Br. The lowest BCUT2D eigenvalue weighted by Gasteiger charge is -2.11. The average Bonchev–Trinajstić information content (AvgIpc) is 2.43. The Labute approximate surface area is 135 Å². The van der Waals surface area contributed by atoms with Crippen molar-refractivity contribution in [1.82, 2.24) is 0 Å². The van der Waals surface area contributed by atoms with Crippen LogP contribution in [0.25, 0.3) is 0 Å². The van der Waals surface area contributed by atoms with Gasteiger partial charge in [0.1, 0.15) is 5.75 Å². The lowest BCUT2D eigenvalue weighted by atomic mass is 10.2. The smallest absolute Gasteiger partial charge is 0.259 e. The minimum atomic E-state index is -0.304. The van der Waals surface area contributed by atoms with Crippen molar-refractivity contribution in [3.05, 3.63) is 56.5 Å². The zero-order chi connectivity index (χ0) is 14.7. The number of nitrogens with one attached hydrogen (secondary N) is 1. The Bertz CT molecular complexity index is 662. The molecule has 0 fully saturated rings. The van der Waals surface area contributed by atoms with Crippen LogP contribution in [0.3, 0.4) is 0 Å². The predicted octanol–water partition coefficient (Wildman–Crippen LogP) is 5.02. The van der Waals surface area contributed by atoms with Crippen LogP contribution in [-0.2, 0) is 0 Å². The molecule has 0 heterocycles. The highest BCUT2D eigenvalue weighted by atomic mass is 79.9. The third kappa shape index (κ3) is 3.26. The Morgan fingerprint density at radius 1 is 1.25 bits per heavy atom. The van der Waals surface area contributed by atoms with Gasteiger partial charge in [-0.1, -0.05) is 29.3 Å².